The normalized spacial score (nSPS) is 16.6. The van der Waals surface area contributed by atoms with Gasteiger partial charge in [0.1, 0.15) is 12.4 Å². The van der Waals surface area contributed by atoms with E-state index in [1.54, 1.807) is 7.11 Å². The van der Waals surface area contributed by atoms with Crippen LogP contribution < -0.4 is 5.32 Å². The zero-order chi connectivity index (χ0) is 18.5. The molecule has 1 aliphatic rings. The third-order valence-corrected chi connectivity index (χ3v) is 4.32. The van der Waals surface area contributed by atoms with Crippen molar-refractivity contribution in [1.82, 2.24) is 20.2 Å². The lowest BCUT2D eigenvalue weighted by molar-refractivity contribution is 0.177. The van der Waals surface area contributed by atoms with Gasteiger partial charge in [-0.1, -0.05) is 18.2 Å². The van der Waals surface area contributed by atoms with Crippen molar-refractivity contribution in [2.24, 2.45) is 0 Å². The second-order valence-corrected chi connectivity index (χ2v) is 6.31. The molecule has 27 heavy (non-hydrogen) atoms. The van der Waals surface area contributed by atoms with Crippen molar-refractivity contribution in [3.63, 3.8) is 0 Å². The fraction of sp³-hybridized carbons (Fsp3) is 0.368. The van der Waals surface area contributed by atoms with Crippen LogP contribution in [-0.4, -0.2) is 40.5 Å². The highest BCUT2D eigenvalue weighted by Crippen LogP contribution is 2.25. The highest BCUT2D eigenvalue weighted by atomic mass is 16.5. The first-order valence-corrected chi connectivity index (χ1v) is 8.88. The van der Waals surface area contributed by atoms with Gasteiger partial charge in [0, 0.05) is 31.3 Å². The van der Waals surface area contributed by atoms with Crippen LogP contribution in [0.2, 0.25) is 0 Å². The van der Waals surface area contributed by atoms with Crippen LogP contribution >= 0.6 is 0 Å². The van der Waals surface area contributed by atoms with Gasteiger partial charge in [0.25, 0.3) is 0 Å². The van der Waals surface area contributed by atoms with E-state index in [9.17, 15) is 0 Å². The Morgan fingerprint density at radius 2 is 2.07 bits per heavy atom. The van der Waals surface area contributed by atoms with E-state index in [1.165, 1.54) is 0 Å². The number of rotatable bonds is 7. The Morgan fingerprint density at radius 1 is 1.19 bits per heavy atom. The molecule has 1 atom stereocenters. The summed E-state index contributed by atoms with van der Waals surface area (Å²) in [5, 5.41) is 11.4. The number of nitrogens with one attached hydrogen (secondary N) is 1. The van der Waals surface area contributed by atoms with Crippen LogP contribution in [0.15, 0.2) is 40.8 Å². The standard InChI is InChI=1S/C19H21N5O3/c1-25-12-17-21-15(14-7-8-26-11-14)9-16(22-17)20-10-18-23-24-19(27-18)13-5-3-2-4-6-13/h2-6,9,14H,7-8,10-12H2,1H3,(H,20,21,22). The predicted molar refractivity (Wildman–Crippen MR) is 98.0 cm³/mol. The SMILES string of the molecule is COCc1nc(NCc2nnc(-c3ccccc3)o2)cc(C2CCOC2)n1. The Morgan fingerprint density at radius 3 is 2.85 bits per heavy atom. The van der Waals surface area contributed by atoms with Gasteiger partial charge in [0.2, 0.25) is 11.8 Å². The average molecular weight is 367 g/mol. The summed E-state index contributed by atoms with van der Waals surface area (Å²) in [5.74, 6) is 2.63. The van der Waals surface area contributed by atoms with Crippen LogP contribution in [0.5, 0.6) is 0 Å². The van der Waals surface area contributed by atoms with Crippen molar-refractivity contribution < 1.29 is 13.9 Å². The molecular weight excluding hydrogens is 346 g/mol. The van der Waals surface area contributed by atoms with Crippen molar-refractivity contribution in [3.05, 3.63) is 53.8 Å². The molecule has 1 unspecified atom stereocenters. The molecule has 0 saturated carbocycles. The zero-order valence-corrected chi connectivity index (χ0v) is 15.1. The van der Waals surface area contributed by atoms with Gasteiger partial charge in [0.15, 0.2) is 5.82 Å². The second-order valence-electron chi connectivity index (χ2n) is 6.31. The molecule has 1 saturated heterocycles. The predicted octanol–water partition coefficient (Wildman–Crippen LogP) is 2.79. The third kappa shape index (κ3) is 4.29. The number of nitrogens with zero attached hydrogens (tertiary/aromatic N) is 4. The van der Waals surface area contributed by atoms with Crippen LogP contribution in [0.1, 0.15) is 29.7 Å². The minimum absolute atomic E-state index is 0.289. The van der Waals surface area contributed by atoms with Gasteiger partial charge in [-0.3, -0.25) is 0 Å². The molecule has 140 valence electrons. The maximum atomic E-state index is 5.73. The lowest BCUT2D eigenvalue weighted by atomic mass is 10.0. The van der Waals surface area contributed by atoms with E-state index in [0.717, 1.165) is 24.3 Å². The largest absolute Gasteiger partial charge is 0.419 e. The van der Waals surface area contributed by atoms with Gasteiger partial charge in [-0.05, 0) is 18.6 Å². The minimum atomic E-state index is 0.289. The van der Waals surface area contributed by atoms with Gasteiger partial charge in [-0.15, -0.1) is 10.2 Å². The number of anilines is 1. The quantitative estimate of drug-likeness (QED) is 0.681. The summed E-state index contributed by atoms with van der Waals surface area (Å²) < 4.78 is 16.4. The van der Waals surface area contributed by atoms with Gasteiger partial charge in [-0.25, -0.2) is 9.97 Å². The van der Waals surface area contributed by atoms with E-state index in [2.05, 4.69) is 25.5 Å². The Balaban J connectivity index is 1.48. The minimum Gasteiger partial charge on any atom is -0.419 e. The summed E-state index contributed by atoms with van der Waals surface area (Å²) in [6, 6.07) is 11.6. The lowest BCUT2D eigenvalue weighted by Gasteiger charge is -2.12. The summed E-state index contributed by atoms with van der Waals surface area (Å²) in [5.41, 5.74) is 1.86. The molecule has 0 bridgehead atoms. The fourth-order valence-electron chi connectivity index (χ4n) is 2.97. The molecule has 8 nitrogen and oxygen atoms in total. The topological polar surface area (TPSA) is 95.2 Å². The zero-order valence-electron chi connectivity index (χ0n) is 15.1. The first-order valence-electron chi connectivity index (χ1n) is 8.88. The van der Waals surface area contributed by atoms with Crippen molar-refractivity contribution in [2.45, 2.75) is 25.5 Å². The molecule has 1 aliphatic heterocycles. The molecule has 0 spiro atoms. The van der Waals surface area contributed by atoms with Crippen LogP contribution in [0, 0.1) is 0 Å². The van der Waals surface area contributed by atoms with Crippen LogP contribution in [0.4, 0.5) is 5.82 Å². The highest BCUT2D eigenvalue weighted by Gasteiger charge is 2.21. The van der Waals surface area contributed by atoms with E-state index in [1.807, 2.05) is 36.4 Å². The molecule has 1 fully saturated rings. The van der Waals surface area contributed by atoms with E-state index in [-0.39, 0.29) is 5.92 Å². The molecule has 2 aromatic heterocycles. The summed E-state index contributed by atoms with van der Waals surface area (Å²) in [7, 11) is 1.63. The first kappa shape index (κ1) is 17.6. The molecule has 0 amide bonds. The molecule has 4 rings (SSSR count). The Bertz CT molecular complexity index is 878. The third-order valence-electron chi connectivity index (χ3n) is 4.32. The molecule has 0 aliphatic carbocycles. The monoisotopic (exact) mass is 367 g/mol. The summed E-state index contributed by atoms with van der Waals surface area (Å²) >= 11 is 0. The summed E-state index contributed by atoms with van der Waals surface area (Å²) in [6.45, 7) is 2.19. The van der Waals surface area contributed by atoms with Gasteiger partial charge in [-0.2, -0.15) is 0 Å². The molecule has 1 aromatic carbocycles. The number of ether oxygens (including phenoxy) is 2. The Hall–Kier alpha value is -2.84. The number of methoxy groups -OCH3 is 1. The molecular formula is C19H21N5O3. The van der Waals surface area contributed by atoms with Crippen molar-refractivity contribution in [3.8, 4) is 11.5 Å². The van der Waals surface area contributed by atoms with E-state index < -0.39 is 0 Å². The van der Waals surface area contributed by atoms with E-state index in [4.69, 9.17) is 13.9 Å². The molecule has 3 heterocycles. The van der Waals surface area contributed by atoms with Crippen LogP contribution in [-0.2, 0) is 22.6 Å². The summed E-state index contributed by atoms with van der Waals surface area (Å²) in [6.07, 6.45) is 0.965. The Labute approximate surface area is 157 Å². The van der Waals surface area contributed by atoms with Crippen molar-refractivity contribution >= 4 is 5.82 Å². The number of aromatic nitrogens is 4. The number of hydrogen-bond acceptors (Lipinski definition) is 8. The van der Waals surface area contributed by atoms with Gasteiger partial charge in [0.05, 0.1) is 18.8 Å². The van der Waals surface area contributed by atoms with Crippen LogP contribution in [0.25, 0.3) is 11.5 Å². The van der Waals surface area contributed by atoms with Gasteiger partial charge >= 0.3 is 0 Å². The van der Waals surface area contributed by atoms with E-state index >= 15 is 0 Å². The van der Waals surface area contributed by atoms with Crippen molar-refractivity contribution in [1.29, 1.82) is 0 Å². The first-order chi connectivity index (χ1) is 13.3. The maximum absolute atomic E-state index is 5.73. The van der Waals surface area contributed by atoms with Crippen molar-refractivity contribution in [2.75, 3.05) is 25.6 Å². The summed E-state index contributed by atoms with van der Waals surface area (Å²) in [4.78, 5) is 9.09. The highest BCUT2D eigenvalue weighted by molar-refractivity contribution is 5.51. The fourth-order valence-corrected chi connectivity index (χ4v) is 2.97. The molecule has 3 aromatic rings. The lowest BCUT2D eigenvalue weighted by Crippen LogP contribution is -2.10. The molecule has 8 heteroatoms. The molecule has 0 radical (unpaired) electrons. The molecule has 1 N–H and O–H groups in total. The number of hydrogen-bond donors (Lipinski definition) is 1. The van der Waals surface area contributed by atoms with Crippen LogP contribution in [0.3, 0.4) is 0 Å². The second kappa shape index (κ2) is 8.24. The number of benzene rings is 1. The average Bonchev–Trinajstić information content (AvgIpc) is 3.39. The Kier molecular flexibility index (Phi) is 5.36. The smallest absolute Gasteiger partial charge is 0.247 e. The van der Waals surface area contributed by atoms with Gasteiger partial charge < -0.3 is 19.2 Å². The maximum Gasteiger partial charge on any atom is 0.247 e. The van der Waals surface area contributed by atoms with E-state index in [0.29, 0.717) is 43.2 Å².